The molecule has 1 aromatic rings. The molecule has 1 atom stereocenters. The predicted molar refractivity (Wildman–Crippen MR) is 73.5 cm³/mol. The fourth-order valence-electron chi connectivity index (χ4n) is 1.65. The van der Waals surface area contributed by atoms with Crippen LogP contribution in [0.3, 0.4) is 0 Å². The summed E-state index contributed by atoms with van der Waals surface area (Å²) in [4.78, 5) is 1.28. The van der Waals surface area contributed by atoms with Crippen LogP contribution < -0.4 is 5.32 Å². The summed E-state index contributed by atoms with van der Waals surface area (Å²) in [7, 11) is 0. The minimum atomic E-state index is 0. The molecule has 4 heteroatoms. The molecule has 1 heterocycles. The number of hydrogen-bond acceptors (Lipinski definition) is 2. The Bertz CT molecular complexity index is 302. The molecule has 1 aliphatic heterocycles. The topological polar surface area (TPSA) is 12.0 Å². The molecule has 1 aliphatic rings. The van der Waals surface area contributed by atoms with Crippen molar-refractivity contribution in [1.82, 2.24) is 5.32 Å². The van der Waals surface area contributed by atoms with Crippen LogP contribution in [0.1, 0.15) is 12.8 Å². The maximum atomic E-state index is 5.93. The number of nitrogens with one attached hydrogen (secondary N) is 1. The van der Waals surface area contributed by atoms with Gasteiger partial charge in [-0.1, -0.05) is 17.7 Å². The fraction of sp³-hybridized carbons (Fsp3) is 0.455. The van der Waals surface area contributed by atoms with Crippen molar-refractivity contribution in [3.8, 4) is 0 Å². The molecule has 1 aromatic carbocycles. The van der Waals surface area contributed by atoms with Gasteiger partial charge in [0.1, 0.15) is 0 Å². The smallest absolute Gasteiger partial charge is 0.0417 e. The van der Waals surface area contributed by atoms with Crippen molar-refractivity contribution >= 4 is 40.3 Å². The maximum Gasteiger partial charge on any atom is 0.0417 e. The highest BCUT2D eigenvalue weighted by Crippen LogP contribution is 2.28. The second kappa shape index (κ2) is 6.79. The van der Waals surface area contributed by atoms with E-state index in [1.165, 1.54) is 24.3 Å². The zero-order valence-electron chi connectivity index (χ0n) is 8.41. The third-order valence-corrected chi connectivity index (χ3v) is 3.85. The lowest BCUT2D eigenvalue weighted by molar-refractivity contribution is 0.531. The number of rotatable bonds is 2. The minimum Gasteiger partial charge on any atom is -0.316 e. The summed E-state index contributed by atoms with van der Waals surface area (Å²) >= 11 is 7.87. The van der Waals surface area contributed by atoms with Crippen LogP contribution in [0, 0.1) is 0 Å². The summed E-state index contributed by atoms with van der Waals surface area (Å²) in [5.41, 5.74) is 0. The second-order valence-electron chi connectivity index (χ2n) is 3.54. The van der Waals surface area contributed by atoms with Gasteiger partial charge in [-0.2, -0.15) is 0 Å². The summed E-state index contributed by atoms with van der Waals surface area (Å²) < 4.78 is 0. The number of thioether (sulfide) groups is 1. The van der Waals surface area contributed by atoms with Gasteiger partial charge in [-0.25, -0.2) is 0 Å². The van der Waals surface area contributed by atoms with E-state index in [0.717, 1.165) is 11.6 Å². The largest absolute Gasteiger partial charge is 0.316 e. The lowest BCUT2D eigenvalue weighted by Gasteiger charge is -2.22. The van der Waals surface area contributed by atoms with Crippen LogP contribution in [0.25, 0.3) is 0 Å². The molecular weight excluding hydrogens is 294 g/mol. The third kappa shape index (κ3) is 4.35. The molecule has 1 saturated heterocycles. The molecule has 84 valence electrons. The minimum absolute atomic E-state index is 0. The van der Waals surface area contributed by atoms with E-state index in [-0.39, 0.29) is 17.0 Å². The summed E-state index contributed by atoms with van der Waals surface area (Å²) in [6.07, 6.45) is 2.60. The first-order valence-electron chi connectivity index (χ1n) is 4.97. The average molecular weight is 309 g/mol. The van der Waals surface area contributed by atoms with E-state index in [2.05, 4.69) is 11.4 Å². The molecule has 15 heavy (non-hydrogen) atoms. The highest BCUT2D eigenvalue weighted by atomic mass is 79.9. The van der Waals surface area contributed by atoms with Gasteiger partial charge in [0, 0.05) is 21.7 Å². The van der Waals surface area contributed by atoms with Crippen LogP contribution in [0.2, 0.25) is 5.02 Å². The lowest BCUT2D eigenvalue weighted by atomic mass is 10.2. The quantitative estimate of drug-likeness (QED) is 0.893. The van der Waals surface area contributed by atoms with E-state index < -0.39 is 0 Å². The molecule has 2 rings (SSSR count). The molecule has 0 aromatic heterocycles. The summed E-state index contributed by atoms with van der Waals surface area (Å²) in [6, 6.07) is 8.11. The molecule has 1 N–H and O–H groups in total. The Labute approximate surface area is 111 Å². The van der Waals surface area contributed by atoms with Crippen molar-refractivity contribution in [1.29, 1.82) is 0 Å². The number of piperidine rings is 1. The molecule has 0 saturated carbocycles. The summed E-state index contributed by atoms with van der Waals surface area (Å²) in [5.74, 6) is 0. The van der Waals surface area contributed by atoms with Gasteiger partial charge in [0.15, 0.2) is 0 Å². The predicted octanol–water partition coefficient (Wildman–Crippen LogP) is 3.76. The molecule has 0 spiro atoms. The molecule has 0 radical (unpaired) electrons. The Morgan fingerprint density at radius 3 is 2.93 bits per heavy atom. The van der Waals surface area contributed by atoms with Crippen molar-refractivity contribution in [2.45, 2.75) is 23.0 Å². The highest BCUT2D eigenvalue weighted by molar-refractivity contribution is 8.93. The SMILES string of the molecule is Br.Clc1cccc(SC2CCCNC2)c1. The number of halogens is 2. The zero-order chi connectivity index (χ0) is 9.80. The van der Waals surface area contributed by atoms with Crippen molar-refractivity contribution in [3.05, 3.63) is 29.3 Å². The van der Waals surface area contributed by atoms with Gasteiger partial charge in [0.05, 0.1) is 0 Å². The summed E-state index contributed by atoms with van der Waals surface area (Å²) in [5, 5.41) is 4.96. The van der Waals surface area contributed by atoms with Crippen LogP contribution in [-0.2, 0) is 0 Å². The van der Waals surface area contributed by atoms with Crippen LogP contribution in [-0.4, -0.2) is 18.3 Å². The van der Waals surface area contributed by atoms with E-state index in [1.54, 1.807) is 0 Å². The Balaban J connectivity index is 0.00000112. The molecule has 1 nitrogen and oxygen atoms in total. The monoisotopic (exact) mass is 307 g/mol. The van der Waals surface area contributed by atoms with E-state index in [0.29, 0.717) is 5.25 Å². The van der Waals surface area contributed by atoms with Crippen molar-refractivity contribution in [2.24, 2.45) is 0 Å². The van der Waals surface area contributed by atoms with Crippen LogP contribution in [0.5, 0.6) is 0 Å². The van der Waals surface area contributed by atoms with Crippen molar-refractivity contribution in [3.63, 3.8) is 0 Å². The first kappa shape index (κ1) is 13.4. The number of hydrogen-bond donors (Lipinski definition) is 1. The number of benzene rings is 1. The zero-order valence-corrected chi connectivity index (χ0v) is 11.7. The Morgan fingerprint density at radius 1 is 1.40 bits per heavy atom. The molecule has 0 bridgehead atoms. The first-order valence-corrected chi connectivity index (χ1v) is 6.23. The standard InChI is InChI=1S/C11H14ClNS.BrH/c12-9-3-1-4-10(7-9)14-11-5-2-6-13-8-11;/h1,3-4,7,11,13H,2,5-6,8H2;1H. The first-order chi connectivity index (χ1) is 6.84. The fourth-order valence-corrected chi connectivity index (χ4v) is 3.13. The second-order valence-corrected chi connectivity index (χ2v) is 5.35. The van der Waals surface area contributed by atoms with Gasteiger partial charge in [-0.15, -0.1) is 28.7 Å². The van der Waals surface area contributed by atoms with Gasteiger partial charge >= 0.3 is 0 Å². The normalized spacial score (nSPS) is 20.7. The Hall–Kier alpha value is 0.300. The maximum absolute atomic E-state index is 5.93. The van der Waals surface area contributed by atoms with Crippen LogP contribution >= 0.6 is 40.3 Å². The van der Waals surface area contributed by atoms with Gasteiger partial charge in [0.25, 0.3) is 0 Å². The van der Waals surface area contributed by atoms with E-state index >= 15 is 0 Å². The van der Waals surface area contributed by atoms with E-state index in [9.17, 15) is 0 Å². The van der Waals surface area contributed by atoms with E-state index in [4.69, 9.17) is 11.6 Å². The third-order valence-electron chi connectivity index (χ3n) is 2.35. The molecule has 1 unspecified atom stereocenters. The van der Waals surface area contributed by atoms with Crippen LogP contribution in [0.15, 0.2) is 29.2 Å². The molecule has 0 aliphatic carbocycles. The molecule has 0 amide bonds. The van der Waals surface area contributed by atoms with Gasteiger partial charge in [-0.3, -0.25) is 0 Å². The van der Waals surface area contributed by atoms with Gasteiger partial charge in [-0.05, 0) is 37.6 Å². The van der Waals surface area contributed by atoms with Crippen LogP contribution in [0.4, 0.5) is 0 Å². The van der Waals surface area contributed by atoms with Gasteiger partial charge in [0.2, 0.25) is 0 Å². The van der Waals surface area contributed by atoms with Crippen molar-refractivity contribution in [2.75, 3.05) is 13.1 Å². The Kier molecular flexibility index (Phi) is 6.05. The van der Waals surface area contributed by atoms with Gasteiger partial charge < -0.3 is 5.32 Å². The lowest BCUT2D eigenvalue weighted by Crippen LogP contribution is -2.31. The molecular formula is C11H15BrClNS. The van der Waals surface area contributed by atoms with E-state index in [1.807, 2.05) is 30.0 Å². The molecule has 1 fully saturated rings. The van der Waals surface area contributed by atoms with Crippen molar-refractivity contribution < 1.29 is 0 Å². The summed E-state index contributed by atoms with van der Waals surface area (Å²) in [6.45, 7) is 2.30. The Morgan fingerprint density at radius 2 is 2.27 bits per heavy atom. The highest BCUT2D eigenvalue weighted by Gasteiger charge is 2.13. The average Bonchev–Trinajstić information content (AvgIpc) is 2.19.